The smallest absolute Gasteiger partial charge is 0.236 e. The Morgan fingerprint density at radius 2 is 2.00 bits per heavy atom. The maximum absolute atomic E-state index is 12.0. The van der Waals surface area contributed by atoms with Crippen LogP contribution >= 0.6 is 0 Å². The first-order valence-electron chi connectivity index (χ1n) is 6.72. The van der Waals surface area contributed by atoms with Gasteiger partial charge >= 0.3 is 0 Å². The third-order valence-corrected chi connectivity index (χ3v) is 3.71. The highest BCUT2D eigenvalue weighted by Crippen LogP contribution is 2.16. The molecule has 1 rings (SSSR count). The van der Waals surface area contributed by atoms with Gasteiger partial charge in [-0.15, -0.1) is 0 Å². The molecule has 1 atom stereocenters. The van der Waals surface area contributed by atoms with Gasteiger partial charge in [0.25, 0.3) is 0 Å². The number of piperazine rings is 1. The van der Waals surface area contributed by atoms with E-state index in [4.69, 9.17) is 0 Å². The van der Waals surface area contributed by atoms with Gasteiger partial charge in [0, 0.05) is 32.7 Å². The summed E-state index contributed by atoms with van der Waals surface area (Å²) < 4.78 is 0. The van der Waals surface area contributed by atoms with Crippen LogP contribution in [0.1, 0.15) is 20.8 Å². The van der Waals surface area contributed by atoms with E-state index in [0.29, 0.717) is 13.1 Å². The molecule has 0 aliphatic carbocycles. The van der Waals surface area contributed by atoms with Crippen molar-refractivity contribution in [3.8, 4) is 0 Å². The number of hydrogen-bond donors (Lipinski definition) is 2. The number of rotatable bonds is 5. The molecule has 0 radical (unpaired) electrons. The Morgan fingerprint density at radius 3 is 2.50 bits per heavy atom. The normalized spacial score (nSPS) is 20.3. The van der Waals surface area contributed by atoms with Crippen LogP contribution in [0.3, 0.4) is 0 Å². The summed E-state index contributed by atoms with van der Waals surface area (Å²) in [5.74, 6) is 0.327. The zero-order valence-electron chi connectivity index (χ0n) is 12.1. The highest BCUT2D eigenvalue weighted by Gasteiger charge is 2.27. The standard InChI is InChI=1S/C13H27N3O2/c1-11(2)13(3,18)10-15(4)9-12(17)16-7-5-14-6-8-16/h11,14,18H,5-10H2,1-4H3. The summed E-state index contributed by atoms with van der Waals surface area (Å²) in [6.07, 6.45) is 0. The zero-order valence-corrected chi connectivity index (χ0v) is 12.1. The summed E-state index contributed by atoms with van der Waals surface area (Å²) in [5, 5.41) is 13.4. The third kappa shape index (κ3) is 4.55. The van der Waals surface area contributed by atoms with Gasteiger partial charge in [-0.1, -0.05) is 13.8 Å². The van der Waals surface area contributed by atoms with Gasteiger partial charge in [-0.3, -0.25) is 9.69 Å². The molecule has 1 fully saturated rings. The zero-order chi connectivity index (χ0) is 13.8. The molecule has 18 heavy (non-hydrogen) atoms. The van der Waals surface area contributed by atoms with E-state index in [1.807, 2.05) is 37.6 Å². The molecule has 2 N–H and O–H groups in total. The quantitative estimate of drug-likeness (QED) is 0.713. The Bertz CT molecular complexity index is 273. The lowest BCUT2D eigenvalue weighted by Crippen LogP contribution is -2.51. The van der Waals surface area contributed by atoms with Gasteiger partial charge in [-0.25, -0.2) is 0 Å². The van der Waals surface area contributed by atoms with Crippen molar-refractivity contribution in [2.45, 2.75) is 26.4 Å². The maximum Gasteiger partial charge on any atom is 0.236 e. The van der Waals surface area contributed by atoms with E-state index in [2.05, 4.69) is 5.32 Å². The molecule has 0 bridgehead atoms. The van der Waals surface area contributed by atoms with Crippen molar-refractivity contribution in [2.75, 3.05) is 46.3 Å². The Hall–Kier alpha value is -0.650. The molecule has 5 heteroatoms. The highest BCUT2D eigenvalue weighted by atomic mass is 16.3. The number of hydrogen-bond acceptors (Lipinski definition) is 4. The van der Waals surface area contributed by atoms with Crippen LogP contribution in [0.25, 0.3) is 0 Å². The van der Waals surface area contributed by atoms with Crippen LogP contribution in [-0.4, -0.2) is 72.7 Å². The van der Waals surface area contributed by atoms with Crippen LogP contribution in [0.5, 0.6) is 0 Å². The van der Waals surface area contributed by atoms with Gasteiger partial charge < -0.3 is 15.3 Å². The minimum Gasteiger partial charge on any atom is -0.389 e. The Kier molecular flexibility index (Phi) is 5.56. The number of amides is 1. The fourth-order valence-corrected chi connectivity index (χ4v) is 2.03. The van der Waals surface area contributed by atoms with Crippen molar-refractivity contribution in [2.24, 2.45) is 5.92 Å². The minimum absolute atomic E-state index is 0.151. The van der Waals surface area contributed by atoms with Crippen molar-refractivity contribution in [1.29, 1.82) is 0 Å². The Labute approximate surface area is 110 Å². The summed E-state index contributed by atoms with van der Waals surface area (Å²) in [6.45, 7) is 10.0. The summed E-state index contributed by atoms with van der Waals surface area (Å²) in [4.78, 5) is 15.8. The van der Waals surface area contributed by atoms with Crippen LogP contribution in [0, 0.1) is 5.92 Å². The summed E-state index contributed by atoms with van der Waals surface area (Å²) in [7, 11) is 1.89. The summed E-state index contributed by atoms with van der Waals surface area (Å²) >= 11 is 0. The van der Waals surface area contributed by atoms with E-state index in [1.165, 1.54) is 0 Å². The lowest BCUT2D eigenvalue weighted by molar-refractivity contribution is -0.133. The molecule has 1 saturated heterocycles. The minimum atomic E-state index is -0.752. The van der Waals surface area contributed by atoms with Gasteiger partial charge in [-0.05, 0) is 19.9 Å². The number of likely N-dealkylation sites (N-methyl/N-ethyl adjacent to an activating group) is 1. The molecule has 0 saturated carbocycles. The molecule has 0 aromatic rings. The van der Waals surface area contributed by atoms with Gasteiger partial charge in [0.1, 0.15) is 0 Å². The van der Waals surface area contributed by atoms with Crippen molar-refractivity contribution in [3.63, 3.8) is 0 Å². The fourth-order valence-electron chi connectivity index (χ4n) is 2.03. The van der Waals surface area contributed by atoms with E-state index in [1.54, 1.807) is 0 Å². The van der Waals surface area contributed by atoms with Crippen molar-refractivity contribution >= 4 is 5.91 Å². The van der Waals surface area contributed by atoms with E-state index in [0.717, 1.165) is 26.2 Å². The van der Waals surface area contributed by atoms with Gasteiger partial charge in [0.15, 0.2) is 0 Å². The molecule has 5 nitrogen and oxygen atoms in total. The molecule has 1 heterocycles. The van der Waals surface area contributed by atoms with Gasteiger partial charge in [0.2, 0.25) is 5.91 Å². The Balaban J connectivity index is 2.39. The average molecular weight is 257 g/mol. The maximum atomic E-state index is 12.0. The van der Waals surface area contributed by atoms with Crippen LogP contribution in [0.2, 0.25) is 0 Å². The molecular formula is C13H27N3O2. The first-order chi connectivity index (χ1) is 8.33. The SMILES string of the molecule is CC(C)C(C)(O)CN(C)CC(=O)N1CCNCC1. The fraction of sp³-hybridized carbons (Fsp3) is 0.923. The molecule has 1 unspecified atom stereocenters. The number of nitrogens with zero attached hydrogens (tertiary/aromatic N) is 2. The third-order valence-electron chi connectivity index (χ3n) is 3.71. The first-order valence-corrected chi connectivity index (χ1v) is 6.72. The predicted octanol–water partition coefficient (Wildman–Crippen LogP) is -0.243. The highest BCUT2D eigenvalue weighted by molar-refractivity contribution is 5.78. The monoisotopic (exact) mass is 257 g/mol. The summed E-state index contributed by atoms with van der Waals surface area (Å²) in [5.41, 5.74) is -0.752. The van der Waals surface area contributed by atoms with E-state index >= 15 is 0 Å². The van der Waals surface area contributed by atoms with Crippen molar-refractivity contribution in [3.05, 3.63) is 0 Å². The van der Waals surface area contributed by atoms with Crippen molar-refractivity contribution in [1.82, 2.24) is 15.1 Å². The lowest BCUT2D eigenvalue weighted by atomic mass is 9.92. The van der Waals surface area contributed by atoms with Gasteiger partial charge in [0.05, 0.1) is 12.1 Å². The number of aliphatic hydroxyl groups is 1. The molecule has 0 spiro atoms. The second-order valence-electron chi connectivity index (χ2n) is 5.81. The first kappa shape index (κ1) is 15.4. The average Bonchev–Trinajstić information content (AvgIpc) is 2.29. The molecule has 0 aromatic carbocycles. The van der Waals surface area contributed by atoms with Crippen LogP contribution in [0.4, 0.5) is 0 Å². The van der Waals surface area contributed by atoms with E-state index < -0.39 is 5.60 Å². The molecule has 0 aromatic heterocycles. The Morgan fingerprint density at radius 1 is 1.44 bits per heavy atom. The number of nitrogens with one attached hydrogen (secondary N) is 1. The van der Waals surface area contributed by atoms with E-state index in [-0.39, 0.29) is 11.8 Å². The molecule has 1 amide bonds. The predicted molar refractivity (Wildman–Crippen MR) is 72.4 cm³/mol. The largest absolute Gasteiger partial charge is 0.389 e. The molecule has 1 aliphatic rings. The molecule has 106 valence electrons. The number of carbonyl (C=O) groups excluding carboxylic acids is 1. The van der Waals surface area contributed by atoms with Crippen LogP contribution in [0.15, 0.2) is 0 Å². The molecule has 1 aliphatic heterocycles. The summed E-state index contributed by atoms with van der Waals surface area (Å²) in [6, 6.07) is 0. The number of carbonyl (C=O) groups is 1. The van der Waals surface area contributed by atoms with E-state index in [9.17, 15) is 9.90 Å². The topological polar surface area (TPSA) is 55.8 Å². The lowest BCUT2D eigenvalue weighted by Gasteiger charge is -2.34. The molecular weight excluding hydrogens is 230 g/mol. The van der Waals surface area contributed by atoms with Crippen LogP contribution in [-0.2, 0) is 4.79 Å². The van der Waals surface area contributed by atoms with Crippen LogP contribution < -0.4 is 5.32 Å². The second kappa shape index (κ2) is 6.50. The van der Waals surface area contributed by atoms with Crippen molar-refractivity contribution < 1.29 is 9.90 Å². The second-order valence-corrected chi connectivity index (χ2v) is 5.81. The van der Waals surface area contributed by atoms with Gasteiger partial charge in [-0.2, -0.15) is 0 Å².